The van der Waals surface area contributed by atoms with E-state index in [2.05, 4.69) is 6.58 Å². The quantitative estimate of drug-likeness (QED) is 0.446. The lowest BCUT2D eigenvalue weighted by molar-refractivity contribution is 0.180. The van der Waals surface area contributed by atoms with Crippen LogP contribution in [0.4, 0.5) is 0 Å². The first-order valence-electron chi connectivity index (χ1n) is 3.29. The van der Waals surface area contributed by atoms with E-state index in [0.717, 1.165) is 18.1 Å². The largest absolute Gasteiger partial charge is 0.396 e. The van der Waals surface area contributed by atoms with Crippen molar-refractivity contribution in [2.45, 2.75) is 0 Å². The van der Waals surface area contributed by atoms with Gasteiger partial charge in [-0.3, -0.25) is 0 Å². The van der Waals surface area contributed by atoms with Gasteiger partial charge < -0.3 is 9.84 Å². The van der Waals surface area contributed by atoms with Gasteiger partial charge in [0, 0.05) is 11.5 Å². The van der Waals surface area contributed by atoms with Crippen LogP contribution in [0.1, 0.15) is 0 Å². The molecule has 0 rings (SSSR count). The molecule has 0 aromatic rings. The molecular formula is C7H14O2S. The molecule has 60 valence electrons. The highest BCUT2D eigenvalue weighted by atomic mass is 32.2. The average molecular weight is 162 g/mol. The molecule has 3 heteroatoms. The maximum Gasteiger partial charge on any atom is 0.0645 e. The van der Waals surface area contributed by atoms with Gasteiger partial charge in [0.05, 0.1) is 19.8 Å². The van der Waals surface area contributed by atoms with Gasteiger partial charge in [0.15, 0.2) is 0 Å². The van der Waals surface area contributed by atoms with Gasteiger partial charge in [0.2, 0.25) is 0 Å². The highest BCUT2D eigenvalue weighted by Crippen LogP contribution is 1.97. The second kappa shape index (κ2) is 9.01. The lowest BCUT2D eigenvalue weighted by Gasteiger charge is -1.98. The van der Waals surface area contributed by atoms with Crippen molar-refractivity contribution < 1.29 is 9.84 Å². The van der Waals surface area contributed by atoms with Gasteiger partial charge in [-0.2, -0.15) is 11.8 Å². The number of thioether (sulfide) groups is 1. The molecular weight excluding hydrogens is 148 g/mol. The molecule has 0 aliphatic rings. The van der Waals surface area contributed by atoms with E-state index < -0.39 is 0 Å². The molecule has 0 saturated heterocycles. The van der Waals surface area contributed by atoms with Crippen LogP contribution in [0.2, 0.25) is 0 Å². The topological polar surface area (TPSA) is 29.5 Å². The van der Waals surface area contributed by atoms with E-state index in [0.29, 0.717) is 6.61 Å². The summed E-state index contributed by atoms with van der Waals surface area (Å²) >= 11 is 1.69. The number of aliphatic hydroxyl groups excluding tert-OH is 1. The minimum absolute atomic E-state index is 0.256. The Morgan fingerprint density at radius 1 is 1.50 bits per heavy atom. The molecule has 0 bridgehead atoms. The molecule has 0 heterocycles. The Balaban J connectivity index is 2.70. The van der Waals surface area contributed by atoms with Crippen LogP contribution >= 0.6 is 11.8 Å². The lowest BCUT2D eigenvalue weighted by atomic mass is 10.7. The Labute approximate surface area is 66.3 Å². The SMILES string of the molecule is C=CCOCCSCCO. The molecule has 0 spiro atoms. The van der Waals surface area contributed by atoms with Crippen molar-refractivity contribution in [3.63, 3.8) is 0 Å². The predicted molar refractivity (Wildman–Crippen MR) is 45.4 cm³/mol. The van der Waals surface area contributed by atoms with Gasteiger partial charge in [0.1, 0.15) is 0 Å². The van der Waals surface area contributed by atoms with Gasteiger partial charge in [-0.15, -0.1) is 6.58 Å². The number of rotatable bonds is 7. The van der Waals surface area contributed by atoms with Gasteiger partial charge in [-0.25, -0.2) is 0 Å². The van der Waals surface area contributed by atoms with Gasteiger partial charge in [-0.05, 0) is 0 Å². The van der Waals surface area contributed by atoms with E-state index in [1.165, 1.54) is 0 Å². The molecule has 0 aliphatic carbocycles. The first-order valence-corrected chi connectivity index (χ1v) is 4.44. The second-order valence-electron chi connectivity index (χ2n) is 1.70. The van der Waals surface area contributed by atoms with E-state index in [1.54, 1.807) is 17.8 Å². The first kappa shape index (κ1) is 10.0. The summed E-state index contributed by atoms with van der Waals surface area (Å²) in [7, 11) is 0. The lowest BCUT2D eigenvalue weighted by Crippen LogP contribution is -1.98. The molecule has 0 atom stereocenters. The molecule has 2 nitrogen and oxygen atoms in total. The number of hydrogen-bond acceptors (Lipinski definition) is 3. The van der Waals surface area contributed by atoms with Crippen molar-refractivity contribution in [3.05, 3.63) is 12.7 Å². The summed E-state index contributed by atoms with van der Waals surface area (Å²) in [4.78, 5) is 0. The maximum absolute atomic E-state index is 8.39. The molecule has 0 aromatic carbocycles. The summed E-state index contributed by atoms with van der Waals surface area (Å²) < 4.78 is 5.11. The molecule has 0 unspecified atom stereocenters. The summed E-state index contributed by atoms with van der Waals surface area (Å²) in [6, 6.07) is 0. The Bertz CT molecular complexity index is 76.0. The van der Waals surface area contributed by atoms with Crippen LogP contribution < -0.4 is 0 Å². The minimum atomic E-state index is 0.256. The Hall–Kier alpha value is 0.01000. The molecule has 1 N–H and O–H groups in total. The Kier molecular flexibility index (Phi) is 9.02. The van der Waals surface area contributed by atoms with Crippen LogP contribution in [-0.4, -0.2) is 36.4 Å². The van der Waals surface area contributed by atoms with Gasteiger partial charge >= 0.3 is 0 Å². The number of aliphatic hydroxyl groups is 1. The van der Waals surface area contributed by atoms with E-state index in [-0.39, 0.29) is 6.61 Å². The van der Waals surface area contributed by atoms with Crippen molar-refractivity contribution in [2.24, 2.45) is 0 Å². The highest BCUT2D eigenvalue weighted by Gasteiger charge is 1.86. The Morgan fingerprint density at radius 2 is 2.30 bits per heavy atom. The summed E-state index contributed by atoms with van der Waals surface area (Å²) in [5.74, 6) is 1.76. The first-order chi connectivity index (χ1) is 4.91. The normalized spacial score (nSPS) is 9.70. The summed E-state index contributed by atoms with van der Waals surface area (Å²) in [6.07, 6.45) is 1.73. The predicted octanol–water partition coefficient (Wildman–Crippen LogP) is 0.914. The van der Waals surface area contributed by atoms with Crippen molar-refractivity contribution >= 4 is 11.8 Å². The maximum atomic E-state index is 8.39. The third kappa shape index (κ3) is 8.01. The van der Waals surface area contributed by atoms with Crippen LogP contribution in [0.25, 0.3) is 0 Å². The zero-order chi connectivity index (χ0) is 7.66. The van der Waals surface area contributed by atoms with Crippen LogP contribution in [0.5, 0.6) is 0 Å². The molecule has 0 aliphatic heterocycles. The zero-order valence-electron chi connectivity index (χ0n) is 6.08. The fourth-order valence-corrected chi connectivity index (χ4v) is 1.02. The fourth-order valence-electron chi connectivity index (χ4n) is 0.451. The summed E-state index contributed by atoms with van der Waals surface area (Å²) in [6.45, 7) is 5.15. The second-order valence-corrected chi connectivity index (χ2v) is 2.92. The third-order valence-electron chi connectivity index (χ3n) is 0.843. The van der Waals surface area contributed by atoms with Crippen molar-refractivity contribution in [2.75, 3.05) is 31.3 Å². The average Bonchev–Trinajstić information content (AvgIpc) is 1.97. The Morgan fingerprint density at radius 3 is 2.90 bits per heavy atom. The van der Waals surface area contributed by atoms with E-state index in [4.69, 9.17) is 9.84 Å². The highest BCUT2D eigenvalue weighted by molar-refractivity contribution is 7.99. The summed E-state index contributed by atoms with van der Waals surface area (Å²) in [5, 5.41) is 8.39. The zero-order valence-corrected chi connectivity index (χ0v) is 6.90. The van der Waals surface area contributed by atoms with Crippen molar-refractivity contribution in [1.82, 2.24) is 0 Å². The fraction of sp³-hybridized carbons (Fsp3) is 0.714. The molecule has 0 saturated carbocycles. The van der Waals surface area contributed by atoms with Crippen LogP contribution in [0.15, 0.2) is 12.7 Å². The van der Waals surface area contributed by atoms with E-state index in [9.17, 15) is 0 Å². The minimum Gasteiger partial charge on any atom is -0.396 e. The standard InChI is InChI=1S/C7H14O2S/c1-2-4-9-5-7-10-6-3-8/h2,8H,1,3-7H2. The van der Waals surface area contributed by atoms with Crippen molar-refractivity contribution in [1.29, 1.82) is 0 Å². The molecule has 0 aromatic heterocycles. The molecule has 10 heavy (non-hydrogen) atoms. The monoisotopic (exact) mass is 162 g/mol. The van der Waals surface area contributed by atoms with Crippen LogP contribution in [0.3, 0.4) is 0 Å². The number of hydrogen-bond donors (Lipinski definition) is 1. The smallest absolute Gasteiger partial charge is 0.0645 e. The number of ether oxygens (including phenoxy) is 1. The van der Waals surface area contributed by atoms with Crippen LogP contribution in [-0.2, 0) is 4.74 Å². The molecule has 0 amide bonds. The molecule has 0 fully saturated rings. The van der Waals surface area contributed by atoms with E-state index in [1.807, 2.05) is 0 Å². The third-order valence-corrected chi connectivity index (χ3v) is 1.77. The van der Waals surface area contributed by atoms with Gasteiger partial charge in [-0.1, -0.05) is 6.08 Å². The molecule has 0 radical (unpaired) electrons. The van der Waals surface area contributed by atoms with Crippen molar-refractivity contribution in [3.8, 4) is 0 Å². The van der Waals surface area contributed by atoms with Gasteiger partial charge in [0.25, 0.3) is 0 Å². The summed E-state index contributed by atoms with van der Waals surface area (Å²) in [5.41, 5.74) is 0. The van der Waals surface area contributed by atoms with E-state index >= 15 is 0 Å². The van der Waals surface area contributed by atoms with Crippen LogP contribution in [0, 0.1) is 0 Å².